The normalized spacial score (nSPS) is 11.1. The number of benzene rings is 1. The standard InChI is InChI=1S/C11H8ClN3O6S/c12-8-2-1-6(3-10(8)15(18)19)14-22(20,21)7-4-9(11(16)17)13-5-7/h1-5,13-14H,(H,16,17). The second-order valence-corrected chi connectivity index (χ2v) is 6.17. The van der Waals surface area contributed by atoms with Crippen molar-refractivity contribution in [1.29, 1.82) is 0 Å². The van der Waals surface area contributed by atoms with Crippen LogP contribution in [0, 0.1) is 10.1 Å². The molecule has 1 heterocycles. The summed E-state index contributed by atoms with van der Waals surface area (Å²) in [6.45, 7) is 0. The van der Waals surface area contributed by atoms with E-state index in [4.69, 9.17) is 16.7 Å². The number of carboxylic acid groups (broad SMARTS) is 1. The molecule has 11 heteroatoms. The minimum absolute atomic E-state index is 0.0748. The lowest BCUT2D eigenvalue weighted by molar-refractivity contribution is -0.384. The summed E-state index contributed by atoms with van der Waals surface area (Å²) in [6.07, 6.45) is 0.996. The van der Waals surface area contributed by atoms with Crippen LogP contribution in [0.5, 0.6) is 0 Å². The molecular formula is C11H8ClN3O6S. The van der Waals surface area contributed by atoms with Crippen molar-refractivity contribution in [2.75, 3.05) is 4.72 Å². The Balaban J connectivity index is 2.34. The molecule has 1 aromatic heterocycles. The van der Waals surface area contributed by atoms with E-state index in [1.807, 2.05) is 0 Å². The first kappa shape index (κ1) is 15.8. The molecule has 0 aliphatic heterocycles. The quantitative estimate of drug-likeness (QED) is 0.559. The number of nitro benzene ring substituents is 1. The Morgan fingerprint density at radius 1 is 1.36 bits per heavy atom. The second kappa shape index (κ2) is 5.66. The number of nitrogens with zero attached hydrogens (tertiary/aromatic N) is 1. The van der Waals surface area contributed by atoms with Gasteiger partial charge in [-0.1, -0.05) is 11.6 Å². The molecule has 0 fully saturated rings. The second-order valence-electron chi connectivity index (χ2n) is 4.08. The fraction of sp³-hybridized carbons (Fsp3) is 0. The fourth-order valence-electron chi connectivity index (χ4n) is 1.58. The molecule has 1 aromatic carbocycles. The molecule has 9 nitrogen and oxygen atoms in total. The minimum Gasteiger partial charge on any atom is -0.477 e. The molecule has 0 aliphatic carbocycles. The maximum absolute atomic E-state index is 12.1. The van der Waals surface area contributed by atoms with E-state index in [2.05, 4.69) is 9.71 Å². The predicted molar refractivity (Wildman–Crippen MR) is 76.7 cm³/mol. The number of carbonyl (C=O) groups is 1. The highest BCUT2D eigenvalue weighted by Gasteiger charge is 2.20. The van der Waals surface area contributed by atoms with E-state index in [1.54, 1.807) is 0 Å². The summed E-state index contributed by atoms with van der Waals surface area (Å²) < 4.78 is 26.3. The molecule has 22 heavy (non-hydrogen) atoms. The number of hydrogen-bond donors (Lipinski definition) is 3. The third-order valence-electron chi connectivity index (χ3n) is 2.59. The monoisotopic (exact) mass is 345 g/mol. The van der Waals surface area contributed by atoms with Crippen LogP contribution in [0.15, 0.2) is 35.4 Å². The maximum atomic E-state index is 12.1. The van der Waals surface area contributed by atoms with Crippen LogP contribution >= 0.6 is 11.6 Å². The van der Waals surface area contributed by atoms with Gasteiger partial charge in [-0.05, 0) is 18.2 Å². The number of rotatable bonds is 5. The Morgan fingerprint density at radius 2 is 2.05 bits per heavy atom. The number of H-pyrrole nitrogens is 1. The van der Waals surface area contributed by atoms with E-state index < -0.39 is 26.6 Å². The molecule has 0 amide bonds. The molecule has 3 N–H and O–H groups in total. The molecule has 0 radical (unpaired) electrons. The summed E-state index contributed by atoms with van der Waals surface area (Å²) in [6, 6.07) is 4.31. The van der Waals surface area contributed by atoms with Gasteiger partial charge in [-0.25, -0.2) is 13.2 Å². The number of aromatic nitrogens is 1. The lowest BCUT2D eigenvalue weighted by atomic mass is 10.3. The van der Waals surface area contributed by atoms with Gasteiger partial charge in [0.15, 0.2) is 0 Å². The summed E-state index contributed by atoms with van der Waals surface area (Å²) in [4.78, 5) is 22.7. The topological polar surface area (TPSA) is 142 Å². The lowest BCUT2D eigenvalue weighted by Crippen LogP contribution is -2.12. The van der Waals surface area contributed by atoms with Crippen LogP contribution in [0.2, 0.25) is 5.02 Å². The summed E-state index contributed by atoms with van der Waals surface area (Å²) in [7, 11) is -4.09. The predicted octanol–water partition coefficient (Wildman–Crippen LogP) is 2.08. The molecule has 0 spiro atoms. The van der Waals surface area contributed by atoms with E-state index in [-0.39, 0.29) is 21.3 Å². The molecular weight excluding hydrogens is 338 g/mol. The molecule has 0 bridgehead atoms. The van der Waals surface area contributed by atoms with Gasteiger partial charge in [-0.15, -0.1) is 0 Å². The Labute approximate surface area is 128 Å². The van der Waals surface area contributed by atoms with E-state index in [0.717, 1.165) is 18.3 Å². The van der Waals surface area contributed by atoms with Crippen LogP contribution < -0.4 is 4.72 Å². The Morgan fingerprint density at radius 3 is 2.59 bits per heavy atom. The SMILES string of the molecule is O=C(O)c1cc(S(=O)(=O)Nc2ccc(Cl)c([N+](=O)[O-])c2)c[nH]1. The van der Waals surface area contributed by atoms with Crippen molar-refractivity contribution in [3.05, 3.63) is 51.3 Å². The summed E-state index contributed by atoms with van der Waals surface area (Å²) >= 11 is 5.63. The van der Waals surface area contributed by atoms with E-state index in [9.17, 15) is 23.3 Å². The third-order valence-corrected chi connectivity index (χ3v) is 4.27. The van der Waals surface area contributed by atoms with Crippen molar-refractivity contribution in [1.82, 2.24) is 4.98 Å². The van der Waals surface area contributed by atoms with Gasteiger partial charge >= 0.3 is 5.97 Å². The van der Waals surface area contributed by atoms with Gasteiger partial charge in [0.25, 0.3) is 15.7 Å². The van der Waals surface area contributed by atoms with Crippen molar-refractivity contribution in [2.24, 2.45) is 0 Å². The zero-order chi connectivity index (χ0) is 16.5. The van der Waals surface area contributed by atoms with Crippen LogP contribution in [0.1, 0.15) is 10.5 Å². The van der Waals surface area contributed by atoms with Crippen molar-refractivity contribution in [3.8, 4) is 0 Å². The third kappa shape index (κ3) is 3.18. The highest BCUT2D eigenvalue weighted by Crippen LogP contribution is 2.28. The van der Waals surface area contributed by atoms with Crippen molar-refractivity contribution in [2.45, 2.75) is 4.90 Å². The van der Waals surface area contributed by atoms with E-state index >= 15 is 0 Å². The number of halogens is 1. The van der Waals surface area contributed by atoms with Gasteiger partial charge in [0.05, 0.1) is 10.6 Å². The summed E-state index contributed by atoms with van der Waals surface area (Å²) in [5.74, 6) is -1.32. The van der Waals surface area contributed by atoms with E-state index in [0.29, 0.717) is 0 Å². The average Bonchev–Trinajstić information content (AvgIpc) is 2.91. The van der Waals surface area contributed by atoms with Gasteiger partial charge in [-0.3, -0.25) is 14.8 Å². The highest BCUT2D eigenvalue weighted by molar-refractivity contribution is 7.92. The Hall–Kier alpha value is -2.59. The lowest BCUT2D eigenvalue weighted by Gasteiger charge is -2.06. The number of nitrogens with one attached hydrogen (secondary N) is 2. The number of nitro groups is 1. The molecule has 0 aliphatic rings. The number of anilines is 1. The average molecular weight is 346 g/mol. The van der Waals surface area contributed by atoms with Crippen LogP contribution in [0.25, 0.3) is 0 Å². The van der Waals surface area contributed by atoms with Crippen LogP contribution in [0.3, 0.4) is 0 Å². The zero-order valence-corrected chi connectivity index (χ0v) is 12.2. The number of aromatic carboxylic acids is 1. The molecule has 116 valence electrons. The molecule has 0 unspecified atom stereocenters. The minimum atomic E-state index is -4.09. The molecule has 0 saturated heterocycles. The first-order chi connectivity index (χ1) is 10.2. The van der Waals surface area contributed by atoms with Crippen LogP contribution in [0.4, 0.5) is 11.4 Å². The Kier molecular flexibility index (Phi) is 4.06. The largest absolute Gasteiger partial charge is 0.477 e. The first-order valence-electron chi connectivity index (χ1n) is 5.59. The maximum Gasteiger partial charge on any atom is 0.352 e. The Bertz CT molecular complexity index is 860. The zero-order valence-electron chi connectivity index (χ0n) is 10.6. The van der Waals surface area contributed by atoms with Gasteiger partial charge in [0.2, 0.25) is 0 Å². The molecule has 2 rings (SSSR count). The van der Waals surface area contributed by atoms with Gasteiger partial charge < -0.3 is 10.1 Å². The highest BCUT2D eigenvalue weighted by atomic mass is 35.5. The van der Waals surface area contributed by atoms with E-state index in [1.165, 1.54) is 12.1 Å². The van der Waals surface area contributed by atoms with Crippen molar-refractivity contribution >= 4 is 39.0 Å². The smallest absolute Gasteiger partial charge is 0.352 e. The van der Waals surface area contributed by atoms with Crippen LogP contribution in [-0.2, 0) is 10.0 Å². The number of carboxylic acids is 1. The van der Waals surface area contributed by atoms with Gasteiger partial charge in [-0.2, -0.15) is 0 Å². The van der Waals surface area contributed by atoms with Gasteiger partial charge in [0, 0.05) is 12.3 Å². The van der Waals surface area contributed by atoms with Gasteiger partial charge in [0.1, 0.15) is 15.6 Å². The molecule has 0 atom stereocenters. The number of aromatic amines is 1. The summed E-state index contributed by atoms with van der Waals surface area (Å²) in [5.41, 5.74) is -0.834. The molecule has 0 saturated carbocycles. The molecule has 2 aromatic rings. The van der Waals surface area contributed by atoms with Crippen molar-refractivity contribution in [3.63, 3.8) is 0 Å². The summed E-state index contributed by atoms with van der Waals surface area (Å²) in [5, 5.41) is 19.4. The number of hydrogen-bond acceptors (Lipinski definition) is 5. The number of sulfonamides is 1. The first-order valence-corrected chi connectivity index (χ1v) is 7.45. The van der Waals surface area contributed by atoms with Crippen LogP contribution in [-0.4, -0.2) is 29.4 Å². The fourth-order valence-corrected chi connectivity index (χ4v) is 2.81. The van der Waals surface area contributed by atoms with Crippen molar-refractivity contribution < 1.29 is 23.2 Å².